The zero-order chi connectivity index (χ0) is 68.1. The summed E-state index contributed by atoms with van der Waals surface area (Å²) in [4.78, 5) is 62.4. The molecule has 2 aliphatic heterocycles. The number of benzene rings is 2. The average Bonchev–Trinajstić information content (AvgIpc) is 1.46. The third-order valence-corrected chi connectivity index (χ3v) is 18.1. The van der Waals surface area contributed by atoms with Gasteiger partial charge in [0, 0.05) is 83.4 Å². The Labute approximate surface area is 560 Å². The smallest absolute Gasteiger partial charge is 0.320 e. The maximum atomic E-state index is 14.7. The Bertz CT molecular complexity index is 2720. The molecule has 0 radical (unpaired) electrons. The van der Waals surface area contributed by atoms with Gasteiger partial charge in [-0.25, -0.2) is 0 Å². The van der Waals surface area contributed by atoms with E-state index >= 15 is 0 Å². The zero-order valence-corrected chi connectivity index (χ0v) is 58.8. The van der Waals surface area contributed by atoms with Crippen LogP contribution in [0.25, 0.3) is 5.70 Å². The van der Waals surface area contributed by atoms with E-state index in [1.807, 2.05) is 102 Å². The van der Waals surface area contributed by atoms with E-state index in [1.54, 1.807) is 20.3 Å². The molecule has 4 aliphatic carbocycles. The lowest BCUT2D eigenvalue weighted by Gasteiger charge is -2.61. The fraction of sp³-hybridized carbons (Fsp3) is 0.732. The SMILES string of the molecule is COc1cccc(OC)c1/C(=C/C(=N)C(=O)NC1(C2OC2OC(C)(C)C)C2CC3CC(C2)CC1C3)Nc1ccc(NCCOCCOCCNC(=O)CN2CCN(CC(=O)OCC(C)C)CCN(CC(=O)OCC(C)C)CCN(CC(O)OCC(C)C)CC2)cc1C(C)C. The monoisotopic (exact) mass is 1320 g/mol. The highest BCUT2D eigenvalue weighted by Gasteiger charge is 2.68. The van der Waals surface area contributed by atoms with Gasteiger partial charge in [-0.15, -0.1) is 0 Å². The molecule has 23 heteroatoms. The minimum Gasteiger partial charge on any atom is -0.496 e. The first-order valence-electron chi connectivity index (χ1n) is 34.6. The summed E-state index contributed by atoms with van der Waals surface area (Å²) in [6, 6.07) is 11.6. The first-order valence-corrected chi connectivity index (χ1v) is 34.6. The van der Waals surface area contributed by atoms with Crippen LogP contribution in [0.1, 0.15) is 125 Å². The summed E-state index contributed by atoms with van der Waals surface area (Å²) >= 11 is 0. The van der Waals surface area contributed by atoms with Gasteiger partial charge in [0.1, 0.15) is 23.3 Å². The van der Waals surface area contributed by atoms with Gasteiger partial charge >= 0.3 is 11.9 Å². The molecule has 6 aliphatic rings. The standard InChI is InChI=1S/C71H115N9O14/c1-47(2)44-90-63(82)41-78-23-21-77(22-24-79(42-64(83)91-45-48(3)4)26-28-80(27-25-78)43-65(84)92-46-49(5)6)40-62(81)74-20-30-89-32-31-88-29-19-73-55-17-18-58(56(38-55)50(7)8)75-59(66-60(86-12)15-14-16-61(66)87-13)39-57(72)68(85)76-71(67-69(93-67)94-70(9,10)11)53-34-51-33-52(36-53)37-54(71)35-51/h14-18,38-39,47-54,63,67,69,72-73,75,82H,19-37,40-46H2,1-13H3,(H,74,81)(H,76,85)/b59-39-,72-57?. The molecule has 23 nitrogen and oxygen atoms in total. The minimum atomic E-state index is -1.01. The highest BCUT2D eigenvalue weighted by atomic mass is 16.8. The lowest BCUT2D eigenvalue weighted by atomic mass is 9.47. The molecular formula is C71H115N9O14. The average molecular weight is 1320 g/mol. The summed E-state index contributed by atoms with van der Waals surface area (Å²) in [6.45, 7) is 30.2. The Morgan fingerprint density at radius 2 is 1.21 bits per heavy atom. The minimum absolute atomic E-state index is 0.0734. The van der Waals surface area contributed by atoms with Crippen LogP contribution >= 0.6 is 0 Å². The van der Waals surface area contributed by atoms with Crippen molar-refractivity contribution >= 4 is 46.5 Å². The predicted molar refractivity (Wildman–Crippen MR) is 364 cm³/mol. The van der Waals surface area contributed by atoms with E-state index in [0.717, 1.165) is 42.6 Å². The van der Waals surface area contributed by atoms with Crippen LogP contribution in [0.15, 0.2) is 42.5 Å². The lowest BCUT2D eigenvalue weighted by molar-refractivity contribution is -0.148. The molecule has 2 aromatic rings. The third-order valence-electron chi connectivity index (χ3n) is 18.1. The largest absolute Gasteiger partial charge is 0.496 e. The normalized spacial score (nSPS) is 23.6. The Balaban J connectivity index is 0.902. The second-order valence-electron chi connectivity index (χ2n) is 28.9. The van der Waals surface area contributed by atoms with Crippen molar-refractivity contribution in [3.63, 3.8) is 0 Å². The van der Waals surface area contributed by atoms with Crippen molar-refractivity contribution in [3.8, 4) is 11.5 Å². The molecule has 3 atom stereocenters. The van der Waals surface area contributed by atoms with Gasteiger partial charge in [0.15, 0.2) is 12.6 Å². The number of nitrogens with one attached hydrogen (secondary N) is 5. The number of anilines is 2. The van der Waals surface area contributed by atoms with E-state index < -0.39 is 29.6 Å². The van der Waals surface area contributed by atoms with Gasteiger partial charge in [-0.2, -0.15) is 0 Å². The van der Waals surface area contributed by atoms with Crippen LogP contribution in [0, 0.1) is 46.8 Å². The van der Waals surface area contributed by atoms with Gasteiger partial charge in [0.2, 0.25) is 5.91 Å². The van der Waals surface area contributed by atoms with Crippen molar-refractivity contribution < 1.29 is 66.9 Å². The van der Waals surface area contributed by atoms with Gasteiger partial charge in [-0.1, -0.05) is 61.5 Å². The Morgan fingerprint density at radius 3 is 1.72 bits per heavy atom. The van der Waals surface area contributed by atoms with Crippen LogP contribution in [-0.2, 0) is 52.3 Å². The number of aliphatic hydroxyl groups excluding tert-OH is 1. The zero-order valence-electron chi connectivity index (χ0n) is 58.8. The molecule has 2 amide bonds. The van der Waals surface area contributed by atoms with Crippen LogP contribution in [0.5, 0.6) is 11.5 Å². The molecule has 94 heavy (non-hydrogen) atoms. The Hall–Kier alpha value is -5.47. The molecule has 2 aromatic carbocycles. The number of carbonyl (C=O) groups excluding carboxylic acids is 4. The molecule has 6 fully saturated rings. The van der Waals surface area contributed by atoms with E-state index in [0.29, 0.717) is 146 Å². The van der Waals surface area contributed by atoms with Crippen molar-refractivity contribution in [2.24, 2.45) is 41.4 Å². The van der Waals surface area contributed by atoms with Crippen LogP contribution in [-0.4, -0.2) is 236 Å². The quantitative estimate of drug-likeness (QED) is 0.0128. The fourth-order valence-electron chi connectivity index (χ4n) is 13.6. The maximum absolute atomic E-state index is 14.7. The van der Waals surface area contributed by atoms with Crippen LogP contribution in [0.4, 0.5) is 11.4 Å². The van der Waals surface area contributed by atoms with Crippen molar-refractivity contribution in [2.45, 2.75) is 144 Å². The number of carbonyl (C=O) groups is 4. The van der Waals surface area contributed by atoms with E-state index in [1.165, 1.54) is 6.42 Å². The van der Waals surface area contributed by atoms with Gasteiger partial charge in [0.25, 0.3) is 5.91 Å². The number of rotatable bonds is 36. The number of hydrogen-bond donors (Lipinski definition) is 6. The van der Waals surface area contributed by atoms with E-state index in [-0.39, 0.29) is 91.3 Å². The maximum Gasteiger partial charge on any atom is 0.320 e. The van der Waals surface area contributed by atoms with Crippen molar-refractivity contribution in [3.05, 3.63) is 53.6 Å². The molecule has 0 aromatic heterocycles. The molecule has 8 rings (SSSR count). The van der Waals surface area contributed by atoms with Gasteiger partial charge < -0.3 is 69.0 Å². The molecule has 4 saturated carbocycles. The number of hydrogen-bond acceptors (Lipinski definition) is 21. The number of ether oxygens (including phenoxy) is 9. The number of β-amino-alcohol motifs (C(OH)–C–C–N with tert-alkyl or cyclic N) is 1. The molecule has 528 valence electrons. The van der Waals surface area contributed by atoms with E-state index in [2.05, 4.69) is 51.0 Å². The summed E-state index contributed by atoms with van der Waals surface area (Å²) < 4.78 is 53.2. The Kier molecular flexibility index (Phi) is 29.7. The molecule has 4 bridgehead atoms. The molecule has 3 unspecified atom stereocenters. The van der Waals surface area contributed by atoms with Crippen LogP contribution in [0.2, 0.25) is 0 Å². The summed E-state index contributed by atoms with van der Waals surface area (Å²) in [7, 11) is 3.18. The van der Waals surface area contributed by atoms with Gasteiger partial charge in [0.05, 0.1) is 103 Å². The molecule has 0 spiro atoms. The molecule has 2 heterocycles. The fourth-order valence-corrected chi connectivity index (χ4v) is 13.6. The third kappa shape index (κ3) is 23.7. The number of epoxide rings is 1. The second-order valence-corrected chi connectivity index (χ2v) is 28.9. The lowest BCUT2D eigenvalue weighted by Crippen LogP contribution is -2.70. The number of methoxy groups -OCH3 is 2. The van der Waals surface area contributed by atoms with Crippen molar-refractivity contribution in [2.75, 3.05) is 163 Å². The van der Waals surface area contributed by atoms with Crippen molar-refractivity contribution in [1.82, 2.24) is 30.2 Å². The molecule has 2 saturated heterocycles. The highest BCUT2D eigenvalue weighted by molar-refractivity contribution is 6.43. The first-order chi connectivity index (χ1) is 44.8. The topological polar surface area (TPSA) is 260 Å². The van der Waals surface area contributed by atoms with Crippen molar-refractivity contribution in [1.29, 1.82) is 5.41 Å². The van der Waals surface area contributed by atoms with Crippen LogP contribution in [0.3, 0.4) is 0 Å². The second kappa shape index (κ2) is 36.8. The van der Waals surface area contributed by atoms with E-state index in [4.69, 9.17) is 42.6 Å². The van der Waals surface area contributed by atoms with Gasteiger partial charge in [-0.3, -0.25) is 44.2 Å². The van der Waals surface area contributed by atoms with Crippen LogP contribution < -0.4 is 30.7 Å². The molecule has 6 N–H and O–H groups in total. The summed E-state index contributed by atoms with van der Waals surface area (Å²) in [6.07, 6.45) is 5.31. The first kappa shape index (κ1) is 75.9. The number of aliphatic hydroxyl groups is 1. The highest BCUT2D eigenvalue weighted by Crippen LogP contribution is 2.62. The summed E-state index contributed by atoms with van der Waals surface area (Å²) in [5, 5.41) is 34.0. The van der Waals surface area contributed by atoms with Gasteiger partial charge in [-0.05, 0) is 142 Å². The Morgan fingerprint density at radius 1 is 0.691 bits per heavy atom. The van der Waals surface area contributed by atoms with E-state index in [9.17, 15) is 29.7 Å². The predicted octanol–water partition coefficient (Wildman–Crippen LogP) is 7.32. The number of esters is 2. The number of amides is 2. The summed E-state index contributed by atoms with van der Waals surface area (Å²) in [5.41, 5.74) is 2.50. The molecular weight excluding hydrogens is 1200 g/mol. The summed E-state index contributed by atoms with van der Waals surface area (Å²) in [5.74, 6) is 2.31. The number of nitrogens with zero attached hydrogens (tertiary/aromatic N) is 4.